The van der Waals surface area contributed by atoms with Gasteiger partial charge in [-0.2, -0.15) is 16.8 Å². The molecule has 0 atom stereocenters. The highest BCUT2D eigenvalue weighted by molar-refractivity contribution is 7.86. The molecule has 0 fully saturated rings. The van der Waals surface area contributed by atoms with Gasteiger partial charge < -0.3 is 4.90 Å². The van der Waals surface area contributed by atoms with Gasteiger partial charge in [0.1, 0.15) is 0 Å². The fourth-order valence-corrected chi connectivity index (χ4v) is 4.70. The summed E-state index contributed by atoms with van der Waals surface area (Å²) in [4.78, 5) is 10.9. The molecular formula is C24H29N3O6S3. The Bertz CT molecular complexity index is 1380. The highest BCUT2D eigenvalue weighted by Gasteiger charge is 2.12. The lowest BCUT2D eigenvalue weighted by molar-refractivity contribution is 0.309. The minimum absolute atomic E-state index is 0.0730. The van der Waals surface area contributed by atoms with Gasteiger partial charge in [0.25, 0.3) is 20.2 Å². The second kappa shape index (κ2) is 12.1. The van der Waals surface area contributed by atoms with Crippen LogP contribution in [-0.4, -0.2) is 66.8 Å². The summed E-state index contributed by atoms with van der Waals surface area (Å²) in [6.45, 7) is 4.24. The molecule has 0 unspecified atom stereocenters. The van der Waals surface area contributed by atoms with Crippen molar-refractivity contribution in [3.8, 4) is 11.3 Å². The lowest BCUT2D eigenvalue weighted by Crippen LogP contribution is -2.32. The number of rotatable bonds is 12. The smallest absolute Gasteiger partial charge is 0.264 e. The third-order valence-corrected chi connectivity index (χ3v) is 7.03. The Morgan fingerprint density at radius 3 is 2.06 bits per heavy atom. The molecule has 0 saturated carbocycles. The molecule has 2 aromatic carbocycles. The molecule has 3 rings (SSSR count). The molecule has 1 aromatic heterocycles. The highest BCUT2D eigenvalue weighted by atomic mass is 32.2. The van der Waals surface area contributed by atoms with Crippen LogP contribution in [0.15, 0.2) is 52.8 Å². The number of hydrogen-bond donors (Lipinski definition) is 0. The van der Waals surface area contributed by atoms with Gasteiger partial charge in [-0.05, 0) is 49.2 Å². The monoisotopic (exact) mass is 551 g/mol. The fraction of sp³-hybridized carbons (Fsp3) is 0.333. The number of aromatic nitrogens is 1. The van der Waals surface area contributed by atoms with Crippen molar-refractivity contribution in [2.75, 3.05) is 43.7 Å². The molecule has 12 heteroatoms. The normalized spacial score (nSPS) is 12.3. The molecule has 0 saturated heterocycles. The van der Waals surface area contributed by atoms with Crippen molar-refractivity contribution in [1.29, 1.82) is 0 Å². The average Bonchev–Trinajstić information content (AvgIpc) is 3.22. The molecule has 3 aromatic rings. The Kier molecular flexibility index (Phi) is 9.36. The predicted molar refractivity (Wildman–Crippen MR) is 145 cm³/mol. The van der Waals surface area contributed by atoms with Crippen LogP contribution in [0.4, 0.5) is 11.4 Å². The Labute approximate surface area is 216 Å². The topological polar surface area (TPSA) is 115 Å². The van der Waals surface area contributed by atoms with Crippen LogP contribution in [0.25, 0.3) is 11.3 Å². The minimum Gasteiger partial charge on any atom is -0.367 e. The van der Waals surface area contributed by atoms with E-state index < -0.39 is 20.2 Å². The molecule has 0 aliphatic carbocycles. The maximum Gasteiger partial charge on any atom is 0.264 e. The maximum absolute atomic E-state index is 11.3. The van der Waals surface area contributed by atoms with E-state index in [0.29, 0.717) is 0 Å². The van der Waals surface area contributed by atoms with Crippen molar-refractivity contribution < 1.29 is 25.2 Å². The molecule has 0 amide bonds. The van der Waals surface area contributed by atoms with Crippen molar-refractivity contribution in [2.45, 2.75) is 13.8 Å². The Hall–Kier alpha value is -2.64. The third-order valence-electron chi connectivity index (χ3n) is 5.07. The van der Waals surface area contributed by atoms with Gasteiger partial charge in [0.05, 0.1) is 42.1 Å². The predicted octanol–water partition coefficient (Wildman–Crippen LogP) is 3.94. The number of benzene rings is 2. The van der Waals surface area contributed by atoms with E-state index in [1.165, 1.54) is 0 Å². The van der Waals surface area contributed by atoms with Crippen LogP contribution in [0.2, 0.25) is 0 Å². The van der Waals surface area contributed by atoms with Crippen molar-refractivity contribution in [3.05, 3.63) is 64.0 Å². The summed E-state index contributed by atoms with van der Waals surface area (Å²) >= 11 is 1.61. The van der Waals surface area contributed by atoms with Crippen LogP contribution in [0.3, 0.4) is 0 Å². The van der Waals surface area contributed by atoms with Gasteiger partial charge in [-0.25, -0.2) is 4.98 Å². The number of aliphatic imine (C=N–C) groups is 1. The third kappa shape index (κ3) is 9.10. The summed E-state index contributed by atoms with van der Waals surface area (Å²) in [6.07, 6.45) is 3.75. The van der Waals surface area contributed by atoms with Crippen molar-refractivity contribution >= 4 is 49.2 Å². The molecular weight excluding hydrogens is 522 g/mol. The maximum atomic E-state index is 11.3. The zero-order chi connectivity index (χ0) is 26.3. The van der Waals surface area contributed by atoms with Gasteiger partial charge >= 0.3 is 0 Å². The summed E-state index contributed by atoms with van der Waals surface area (Å²) in [7, 11) is -7.17. The first-order valence-electron chi connectivity index (χ1n) is 11.0. The SMILES string of the molecule is Cc1nc(-c2ccc(N=Cc3ccc(N(CCOS(C)(=O)=O)CCOS(C)(=O)=O)cc3C)cc2)cs1. The van der Waals surface area contributed by atoms with E-state index in [0.717, 1.165) is 51.3 Å². The first-order valence-corrected chi connectivity index (χ1v) is 15.5. The van der Waals surface area contributed by atoms with Gasteiger partial charge in [0.2, 0.25) is 0 Å². The lowest BCUT2D eigenvalue weighted by Gasteiger charge is -2.25. The molecule has 194 valence electrons. The quantitative estimate of drug-likeness (QED) is 0.246. The summed E-state index contributed by atoms with van der Waals surface area (Å²) in [6, 6.07) is 13.6. The van der Waals surface area contributed by atoms with E-state index in [1.54, 1.807) is 17.6 Å². The van der Waals surface area contributed by atoms with Gasteiger partial charge in [-0.1, -0.05) is 18.2 Å². The number of thiazole rings is 1. The van der Waals surface area contributed by atoms with E-state index in [-0.39, 0.29) is 26.3 Å². The van der Waals surface area contributed by atoms with Crippen LogP contribution in [0.5, 0.6) is 0 Å². The van der Waals surface area contributed by atoms with E-state index in [1.807, 2.05) is 66.6 Å². The first-order chi connectivity index (χ1) is 16.9. The molecule has 0 bridgehead atoms. The molecule has 0 aliphatic rings. The largest absolute Gasteiger partial charge is 0.367 e. The summed E-state index contributed by atoms with van der Waals surface area (Å²) in [5.41, 5.74) is 5.45. The minimum atomic E-state index is -3.59. The molecule has 0 N–H and O–H groups in total. The van der Waals surface area contributed by atoms with E-state index in [9.17, 15) is 16.8 Å². The summed E-state index contributed by atoms with van der Waals surface area (Å²) < 4.78 is 55.0. The Balaban J connectivity index is 1.71. The van der Waals surface area contributed by atoms with Crippen molar-refractivity contribution in [3.63, 3.8) is 0 Å². The lowest BCUT2D eigenvalue weighted by atomic mass is 10.1. The molecule has 36 heavy (non-hydrogen) atoms. The van der Waals surface area contributed by atoms with Gasteiger partial charge in [0, 0.05) is 35.9 Å². The first kappa shape index (κ1) is 27.9. The second-order valence-corrected chi connectivity index (χ2v) is 12.5. The second-order valence-electron chi connectivity index (χ2n) is 8.14. The van der Waals surface area contributed by atoms with Gasteiger partial charge in [-0.15, -0.1) is 11.3 Å². The van der Waals surface area contributed by atoms with Gasteiger partial charge in [-0.3, -0.25) is 13.4 Å². The van der Waals surface area contributed by atoms with E-state index in [4.69, 9.17) is 8.37 Å². The van der Waals surface area contributed by atoms with Gasteiger partial charge in [0.15, 0.2) is 0 Å². The highest BCUT2D eigenvalue weighted by Crippen LogP contribution is 2.24. The number of hydrogen-bond acceptors (Lipinski definition) is 10. The van der Waals surface area contributed by atoms with Crippen molar-refractivity contribution in [2.24, 2.45) is 4.99 Å². The van der Waals surface area contributed by atoms with Crippen LogP contribution in [-0.2, 0) is 28.6 Å². The zero-order valence-electron chi connectivity index (χ0n) is 20.5. The van der Waals surface area contributed by atoms with Crippen LogP contribution >= 0.6 is 11.3 Å². The summed E-state index contributed by atoms with van der Waals surface area (Å²) in [5, 5.41) is 3.05. The van der Waals surface area contributed by atoms with E-state index >= 15 is 0 Å². The fourth-order valence-electron chi connectivity index (χ4n) is 3.33. The van der Waals surface area contributed by atoms with E-state index in [2.05, 4.69) is 9.98 Å². The standard InChI is InChI=1S/C24H29N3O6S3/c1-18-15-23(27(11-13-32-35(3,28)29)12-14-33-36(4,30)31)10-7-21(18)16-25-22-8-5-20(6-9-22)24-17-34-19(2)26-24/h5-10,15-17H,11-14H2,1-4H3. The zero-order valence-corrected chi connectivity index (χ0v) is 23.0. The molecule has 9 nitrogen and oxygen atoms in total. The van der Waals surface area contributed by atoms with Crippen molar-refractivity contribution in [1.82, 2.24) is 4.98 Å². The number of anilines is 1. The number of aryl methyl sites for hydroxylation is 2. The van der Waals surface area contributed by atoms with Crippen LogP contribution in [0.1, 0.15) is 16.1 Å². The summed E-state index contributed by atoms with van der Waals surface area (Å²) in [5.74, 6) is 0. The Morgan fingerprint density at radius 1 is 0.944 bits per heavy atom. The van der Waals surface area contributed by atoms with Crippen LogP contribution < -0.4 is 4.90 Å². The number of nitrogens with zero attached hydrogens (tertiary/aromatic N) is 3. The molecule has 1 heterocycles. The molecule has 0 spiro atoms. The Morgan fingerprint density at radius 2 is 1.56 bits per heavy atom. The van der Waals surface area contributed by atoms with Crippen LogP contribution in [0, 0.1) is 13.8 Å². The molecule has 0 radical (unpaired) electrons. The molecule has 0 aliphatic heterocycles. The average molecular weight is 552 g/mol.